The zero-order valence-corrected chi connectivity index (χ0v) is 9.38. The van der Waals surface area contributed by atoms with E-state index in [1.807, 2.05) is 6.07 Å². The van der Waals surface area contributed by atoms with Gasteiger partial charge >= 0.3 is 0 Å². The van der Waals surface area contributed by atoms with Crippen LogP contribution < -0.4 is 5.73 Å². The van der Waals surface area contributed by atoms with E-state index in [1.54, 1.807) is 0 Å². The number of nitrogens with two attached hydrogens (primary N) is 1. The van der Waals surface area contributed by atoms with Crippen molar-refractivity contribution >= 4 is 11.8 Å². The molecule has 0 spiro atoms. The van der Waals surface area contributed by atoms with Crippen LogP contribution in [0.1, 0.15) is 23.0 Å². The molecule has 1 aromatic rings. The maximum atomic E-state index is 11.9. The number of carbonyl (C=O) groups is 2. The minimum Gasteiger partial charge on any atom is -0.329 e. The Balaban J connectivity index is 2.93. The summed E-state index contributed by atoms with van der Waals surface area (Å²) in [4.78, 5) is 28.0. The standard InChI is InChI=1S/C11H12N4O2/c1-8(16)15(5-4-12)11(17)9-2-3-10(6-13)14-7-9/h2-3,7H,4-5,12H2,1H3. The fourth-order valence-electron chi connectivity index (χ4n) is 1.27. The van der Waals surface area contributed by atoms with Gasteiger partial charge in [-0.05, 0) is 12.1 Å². The number of amides is 2. The van der Waals surface area contributed by atoms with Gasteiger partial charge in [0, 0.05) is 26.2 Å². The minimum absolute atomic E-state index is 0.161. The number of rotatable bonds is 3. The fourth-order valence-corrected chi connectivity index (χ4v) is 1.27. The van der Waals surface area contributed by atoms with E-state index < -0.39 is 5.91 Å². The quantitative estimate of drug-likeness (QED) is 0.784. The lowest BCUT2D eigenvalue weighted by molar-refractivity contribution is -0.126. The maximum Gasteiger partial charge on any atom is 0.262 e. The number of aromatic nitrogens is 1. The Morgan fingerprint density at radius 1 is 1.53 bits per heavy atom. The van der Waals surface area contributed by atoms with E-state index >= 15 is 0 Å². The van der Waals surface area contributed by atoms with Crippen molar-refractivity contribution in [2.75, 3.05) is 13.1 Å². The molecule has 0 saturated heterocycles. The molecular formula is C11H12N4O2. The van der Waals surface area contributed by atoms with E-state index in [2.05, 4.69) is 4.98 Å². The van der Waals surface area contributed by atoms with Gasteiger partial charge in [0.2, 0.25) is 5.91 Å². The summed E-state index contributed by atoms with van der Waals surface area (Å²) in [5.74, 6) is -0.829. The highest BCUT2D eigenvalue weighted by Gasteiger charge is 2.18. The summed E-state index contributed by atoms with van der Waals surface area (Å²) < 4.78 is 0. The summed E-state index contributed by atoms with van der Waals surface area (Å²) in [5.41, 5.74) is 5.80. The highest BCUT2D eigenvalue weighted by atomic mass is 16.2. The van der Waals surface area contributed by atoms with Crippen LogP contribution in [-0.2, 0) is 4.79 Å². The highest BCUT2D eigenvalue weighted by Crippen LogP contribution is 2.05. The second-order valence-corrected chi connectivity index (χ2v) is 3.31. The van der Waals surface area contributed by atoms with E-state index in [1.165, 1.54) is 25.3 Å². The molecule has 0 saturated carbocycles. The van der Waals surface area contributed by atoms with Crippen LogP contribution in [0.5, 0.6) is 0 Å². The summed E-state index contributed by atoms with van der Waals surface area (Å²) in [6, 6.07) is 4.73. The summed E-state index contributed by atoms with van der Waals surface area (Å²) in [6.45, 7) is 1.66. The normalized spacial score (nSPS) is 9.47. The van der Waals surface area contributed by atoms with Crippen LogP contribution in [0.25, 0.3) is 0 Å². The first kappa shape index (κ1) is 12.8. The van der Waals surface area contributed by atoms with Crippen LogP contribution in [0.15, 0.2) is 18.3 Å². The van der Waals surface area contributed by atoms with Crippen LogP contribution in [0.4, 0.5) is 0 Å². The molecule has 0 unspecified atom stereocenters. The zero-order chi connectivity index (χ0) is 12.8. The molecule has 2 N–H and O–H groups in total. The molecule has 0 atom stereocenters. The molecule has 1 rings (SSSR count). The molecule has 0 aliphatic heterocycles. The van der Waals surface area contributed by atoms with E-state index in [-0.39, 0.29) is 30.3 Å². The van der Waals surface area contributed by atoms with Crippen molar-refractivity contribution < 1.29 is 9.59 Å². The smallest absolute Gasteiger partial charge is 0.262 e. The third-order valence-corrected chi connectivity index (χ3v) is 2.10. The molecule has 0 radical (unpaired) electrons. The second-order valence-electron chi connectivity index (χ2n) is 3.31. The topological polar surface area (TPSA) is 100 Å². The Morgan fingerprint density at radius 3 is 2.65 bits per heavy atom. The monoisotopic (exact) mass is 232 g/mol. The number of carbonyl (C=O) groups excluding carboxylic acids is 2. The van der Waals surface area contributed by atoms with Gasteiger partial charge < -0.3 is 5.73 Å². The molecule has 0 aliphatic carbocycles. The van der Waals surface area contributed by atoms with Crippen LogP contribution in [-0.4, -0.2) is 34.8 Å². The summed E-state index contributed by atoms with van der Waals surface area (Å²) >= 11 is 0. The molecule has 6 heteroatoms. The Hall–Kier alpha value is -2.26. The summed E-state index contributed by atoms with van der Waals surface area (Å²) in [6.07, 6.45) is 1.27. The van der Waals surface area contributed by atoms with Crippen LogP contribution in [0.2, 0.25) is 0 Å². The van der Waals surface area contributed by atoms with Crippen LogP contribution in [0, 0.1) is 11.3 Å². The predicted molar refractivity (Wildman–Crippen MR) is 59.7 cm³/mol. The molecule has 17 heavy (non-hydrogen) atoms. The molecular weight excluding hydrogens is 220 g/mol. The van der Waals surface area contributed by atoms with E-state index in [9.17, 15) is 9.59 Å². The summed E-state index contributed by atoms with van der Waals surface area (Å²) in [5, 5.41) is 8.57. The van der Waals surface area contributed by atoms with Crippen molar-refractivity contribution in [2.24, 2.45) is 5.73 Å². The van der Waals surface area contributed by atoms with Crippen molar-refractivity contribution in [3.8, 4) is 6.07 Å². The number of hydrogen-bond donors (Lipinski definition) is 1. The first-order chi connectivity index (χ1) is 8.10. The lowest BCUT2D eigenvalue weighted by Gasteiger charge is -2.17. The SMILES string of the molecule is CC(=O)N(CCN)C(=O)c1ccc(C#N)nc1. The average molecular weight is 232 g/mol. The van der Waals surface area contributed by atoms with Crippen molar-refractivity contribution in [2.45, 2.75) is 6.92 Å². The molecule has 2 amide bonds. The van der Waals surface area contributed by atoms with Gasteiger partial charge in [-0.15, -0.1) is 0 Å². The van der Waals surface area contributed by atoms with Gasteiger partial charge in [0.15, 0.2) is 0 Å². The van der Waals surface area contributed by atoms with Gasteiger partial charge in [-0.2, -0.15) is 5.26 Å². The van der Waals surface area contributed by atoms with Gasteiger partial charge in [0.05, 0.1) is 5.56 Å². The number of hydrogen-bond acceptors (Lipinski definition) is 5. The number of nitriles is 1. The third kappa shape index (κ3) is 3.09. The van der Waals surface area contributed by atoms with Crippen LogP contribution in [0.3, 0.4) is 0 Å². The van der Waals surface area contributed by atoms with E-state index in [0.29, 0.717) is 0 Å². The molecule has 0 aromatic carbocycles. The second kappa shape index (κ2) is 5.72. The predicted octanol–water partition coefficient (Wildman–Crippen LogP) is -0.0993. The summed E-state index contributed by atoms with van der Waals surface area (Å²) in [7, 11) is 0. The Labute approximate surface area is 98.7 Å². The number of nitrogens with zero attached hydrogens (tertiary/aromatic N) is 3. The zero-order valence-electron chi connectivity index (χ0n) is 9.38. The van der Waals surface area contributed by atoms with Gasteiger partial charge in [0.25, 0.3) is 5.91 Å². The largest absolute Gasteiger partial charge is 0.329 e. The lowest BCUT2D eigenvalue weighted by Crippen LogP contribution is -2.38. The molecule has 0 fully saturated rings. The lowest BCUT2D eigenvalue weighted by atomic mass is 10.2. The van der Waals surface area contributed by atoms with Crippen molar-refractivity contribution in [1.82, 2.24) is 9.88 Å². The molecule has 1 aromatic heterocycles. The van der Waals surface area contributed by atoms with Gasteiger partial charge in [-0.1, -0.05) is 0 Å². The van der Waals surface area contributed by atoms with E-state index in [0.717, 1.165) is 4.90 Å². The van der Waals surface area contributed by atoms with Crippen molar-refractivity contribution in [3.05, 3.63) is 29.6 Å². The Bertz CT molecular complexity index is 461. The van der Waals surface area contributed by atoms with Crippen LogP contribution >= 0.6 is 0 Å². The third-order valence-electron chi connectivity index (χ3n) is 2.10. The molecule has 0 aliphatic rings. The van der Waals surface area contributed by atoms with Crippen molar-refractivity contribution in [1.29, 1.82) is 5.26 Å². The Kier molecular flexibility index (Phi) is 4.31. The Morgan fingerprint density at radius 2 is 2.24 bits per heavy atom. The maximum absolute atomic E-state index is 11.9. The molecule has 1 heterocycles. The number of imide groups is 1. The molecule has 6 nitrogen and oxygen atoms in total. The molecule has 0 bridgehead atoms. The first-order valence-corrected chi connectivity index (χ1v) is 4.98. The highest BCUT2D eigenvalue weighted by molar-refractivity contribution is 6.03. The first-order valence-electron chi connectivity index (χ1n) is 4.98. The van der Waals surface area contributed by atoms with Gasteiger partial charge in [-0.25, -0.2) is 4.98 Å². The van der Waals surface area contributed by atoms with Gasteiger partial charge in [-0.3, -0.25) is 14.5 Å². The van der Waals surface area contributed by atoms with Crippen molar-refractivity contribution in [3.63, 3.8) is 0 Å². The van der Waals surface area contributed by atoms with E-state index in [4.69, 9.17) is 11.0 Å². The van der Waals surface area contributed by atoms with Gasteiger partial charge in [0.1, 0.15) is 11.8 Å². The fraction of sp³-hybridized carbons (Fsp3) is 0.273. The number of pyridine rings is 1. The minimum atomic E-state index is -0.458. The molecule has 88 valence electrons. The average Bonchev–Trinajstić information content (AvgIpc) is 2.35.